The van der Waals surface area contributed by atoms with Crippen molar-refractivity contribution in [1.82, 2.24) is 4.67 Å². The highest BCUT2D eigenvalue weighted by Crippen LogP contribution is 2.58. The Balaban J connectivity index is 2.36. The Kier molecular flexibility index (Phi) is 3.92. The van der Waals surface area contributed by atoms with E-state index in [1.54, 1.807) is 0 Å². The van der Waals surface area contributed by atoms with Crippen molar-refractivity contribution in [3.8, 4) is 0 Å². The zero-order valence-corrected chi connectivity index (χ0v) is 9.42. The fraction of sp³-hybridized carbons (Fsp3) is 1.00. The molecule has 1 aliphatic rings. The van der Waals surface area contributed by atoms with Gasteiger partial charge in [0, 0.05) is 26.8 Å². The van der Waals surface area contributed by atoms with Crippen LogP contribution in [0.25, 0.3) is 0 Å². The minimum absolute atomic E-state index is 0.408. The van der Waals surface area contributed by atoms with E-state index >= 15 is 0 Å². The number of rotatable bonds is 6. The molecule has 0 spiro atoms. The molecular formula is C8H18NO3P. The van der Waals surface area contributed by atoms with Gasteiger partial charge in [-0.1, -0.05) is 19.8 Å². The summed E-state index contributed by atoms with van der Waals surface area (Å²) in [6.07, 6.45) is 3.44. The van der Waals surface area contributed by atoms with Crippen molar-refractivity contribution in [3.05, 3.63) is 0 Å². The average molecular weight is 207 g/mol. The lowest BCUT2D eigenvalue weighted by molar-refractivity contribution is 0.244. The molecular weight excluding hydrogens is 189 g/mol. The van der Waals surface area contributed by atoms with Gasteiger partial charge in [-0.2, -0.15) is 0 Å². The summed E-state index contributed by atoms with van der Waals surface area (Å²) >= 11 is 0. The largest absolute Gasteiger partial charge is 0.407 e. The first-order valence-corrected chi connectivity index (χ1v) is 6.16. The Morgan fingerprint density at radius 1 is 1.46 bits per heavy atom. The molecule has 2 atom stereocenters. The highest BCUT2D eigenvalue weighted by atomic mass is 31.2. The topological polar surface area (TPSA) is 38.5 Å². The molecule has 0 aliphatic carbocycles. The van der Waals surface area contributed by atoms with Gasteiger partial charge in [0.25, 0.3) is 0 Å². The monoisotopic (exact) mass is 207 g/mol. The smallest absolute Gasteiger partial charge is 0.300 e. The van der Waals surface area contributed by atoms with Gasteiger partial charge < -0.3 is 0 Å². The second-order valence-corrected chi connectivity index (χ2v) is 5.43. The van der Waals surface area contributed by atoms with E-state index in [4.69, 9.17) is 9.05 Å². The van der Waals surface area contributed by atoms with E-state index in [1.807, 2.05) is 4.67 Å². The summed E-state index contributed by atoms with van der Waals surface area (Å²) < 4.78 is 23.3. The van der Waals surface area contributed by atoms with Crippen molar-refractivity contribution in [2.75, 3.05) is 20.8 Å². The summed E-state index contributed by atoms with van der Waals surface area (Å²) in [6.45, 7) is 3.00. The van der Waals surface area contributed by atoms with Crippen LogP contribution in [0.2, 0.25) is 0 Å². The molecule has 0 bridgehead atoms. The SMILES string of the molecule is CCCCC1CN1P(=O)(OC)OC. The summed E-state index contributed by atoms with van der Waals surface area (Å²) in [5.74, 6) is 0. The zero-order valence-electron chi connectivity index (χ0n) is 8.52. The van der Waals surface area contributed by atoms with Crippen LogP contribution in [0, 0.1) is 0 Å². The molecule has 2 unspecified atom stereocenters. The first kappa shape index (κ1) is 11.2. The van der Waals surface area contributed by atoms with E-state index in [9.17, 15) is 4.57 Å². The highest BCUT2D eigenvalue weighted by Gasteiger charge is 2.48. The van der Waals surface area contributed by atoms with Crippen LogP contribution in [-0.4, -0.2) is 31.5 Å². The molecule has 1 heterocycles. The van der Waals surface area contributed by atoms with Gasteiger partial charge in [0.2, 0.25) is 0 Å². The maximum atomic E-state index is 11.8. The van der Waals surface area contributed by atoms with Crippen molar-refractivity contribution in [2.24, 2.45) is 0 Å². The standard InChI is InChI=1S/C8H18NO3P/c1-4-5-6-8-7-9(8)13(10,11-2)12-3/h8H,4-7H2,1-3H3. The van der Waals surface area contributed by atoms with E-state index in [0.717, 1.165) is 13.0 Å². The molecule has 13 heavy (non-hydrogen) atoms. The summed E-state index contributed by atoms with van der Waals surface area (Å²) in [5, 5.41) is 0. The molecule has 1 saturated heterocycles. The molecule has 1 fully saturated rings. The number of nitrogens with zero attached hydrogens (tertiary/aromatic N) is 1. The van der Waals surface area contributed by atoms with E-state index in [2.05, 4.69) is 6.92 Å². The Morgan fingerprint density at radius 2 is 2.08 bits per heavy atom. The molecule has 0 radical (unpaired) electrons. The molecule has 4 nitrogen and oxygen atoms in total. The summed E-state index contributed by atoms with van der Waals surface area (Å²) in [7, 11) is -0.0449. The minimum Gasteiger partial charge on any atom is -0.300 e. The molecule has 0 amide bonds. The van der Waals surface area contributed by atoms with Gasteiger partial charge in [-0.3, -0.25) is 9.05 Å². The third-order valence-corrected chi connectivity index (χ3v) is 4.39. The van der Waals surface area contributed by atoms with Crippen LogP contribution in [0.1, 0.15) is 26.2 Å². The van der Waals surface area contributed by atoms with Gasteiger partial charge >= 0.3 is 7.75 Å². The first-order chi connectivity index (χ1) is 6.18. The van der Waals surface area contributed by atoms with Gasteiger partial charge in [-0.15, -0.1) is 0 Å². The molecule has 0 saturated carbocycles. The van der Waals surface area contributed by atoms with Crippen molar-refractivity contribution in [2.45, 2.75) is 32.2 Å². The van der Waals surface area contributed by atoms with Crippen LogP contribution in [0.4, 0.5) is 0 Å². The van der Waals surface area contributed by atoms with Gasteiger partial charge in [0.1, 0.15) is 0 Å². The lowest BCUT2D eigenvalue weighted by Crippen LogP contribution is -2.02. The van der Waals surface area contributed by atoms with Crippen molar-refractivity contribution in [3.63, 3.8) is 0 Å². The van der Waals surface area contributed by atoms with E-state index in [-0.39, 0.29) is 0 Å². The second-order valence-electron chi connectivity index (χ2n) is 3.25. The summed E-state index contributed by atoms with van der Waals surface area (Å²) in [4.78, 5) is 0. The van der Waals surface area contributed by atoms with Crippen molar-refractivity contribution >= 4 is 7.75 Å². The minimum atomic E-state index is -2.90. The van der Waals surface area contributed by atoms with Gasteiger partial charge in [-0.05, 0) is 6.42 Å². The molecule has 1 aliphatic heterocycles. The second kappa shape index (κ2) is 4.56. The predicted molar refractivity (Wildman–Crippen MR) is 51.6 cm³/mol. The number of hydrogen-bond donors (Lipinski definition) is 0. The van der Waals surface area contributed by atoms with Crippen LogP contribution < -0.4 is 0 Å². The van der Waals surface area contributed by atoms with Crippen molar-refractivity contribution < 1.29 is 13.6 Å². The first-order valence-electron chi connectivity index (χ1n) is 4.66. The third-order valence-electron chi connectivity index (χ3n) is 2.35. The molecule has 0 aromatic rings. The maximum absolute atomic E-state index is 11.8. The van der Waals surface area contributed by atoms with Crippen LogP contribution in [-0.2, 0) is 13.6 Å². The molecule has 78 valence electrons. The van der Waals surface area contributed by atoms with Crippen molar-refractivity contribution in [1.29, 1.82) is 0 Å². The van der Waals surface area contributed by atoms with Crippen LogP contribution in [0.5, 0.6) is 0 Å². The lowest BCUT2D eigenvalue weighted by Gasteiger charge is -2.14. The molecule has 1 rings (SSSR count). The maximum Gasteiger partial charge on any atom is 0.407 e. The quantitative estimate of drug-likeness (QED) is 0.494. The predicted octanol–water partition coefficient (Wildman–Crippen LogP) is 2.26. The normalized spacial score (nSPS) is 27.6. The Hall–Kier alpha value is 0.110. The number of unbranched alkanes of at least 4 members (excludes halogenated alkanes) is 1. The van der Waals surface area contributed by atoms with Gasteiger partial charge in [0.15, 0.2) is 0 Å². The molecule has 0 N–H and O–H groups in total. The van der Waals surface area contributed by atoms with E-state index in [1.165, 1.54) is 27.1 Å². The van der Waals surface area contributed by atoms with Gasteiger partial charge in [-0.25, -0.2) is 9.24 Å². The fourth-order valence-corrected chi connectivity index (χ4v) is 2.91. The zero-order chi connectivity index (χ0) is 9.90. The van der Waals surface area contributed by atoms with Crippen LogP contribution in [0.3, 0.4) is 0 Å². The van der Waals surface area contributed by atoms with E-state index in [0.29, 0.717) is 6.04 Å². The summed E-state index contributed by atoms with van der Waals surface area (Å²) in [5.41, 5.74) is 0. The van der Waals surface area contributed by atoms with Crippen LogP contribution in [0.15, 0.2) is 0 Å². The lowest BCUT2D eigenvalue weighted by atomic mass is 10.2. The number of hydrogen-bond acceptors (Lipinski definition) is 3. The molecule has 5 heteroatoms. The van der Waals surface area contributed by atoms with Gasteiger partial charge in [0.05, 0.1) is 0 Å². The Morgan fingerprint density at radius 3 is 2.54 bits per heavy atom. The van der Waals surface area contributed by atoms with Crippen LogP contribution >= 0.6 is 7.75 Å². The molecule has 0 aromatic carbocycles. The third kappa shape index (κ3) is 2.53. The Labute approximate surface area is 79.8 Å². The average Bonchev–Trinajstić information content (AvgIpc) is 2.93. The fourth-order valence-electron chi connectivity index (χ4n) is 1.43. The van der Waals surface area contributed by atoms with E-state index < -0.39 is 7.75 Å². The Bertz CT molecular complexity index is 202. The highest BCUT2D eigenvalue weighted by molar-refractivity contribution is 7.51. The molecule has 0 aromatic heterocycles. The summed E-state index contributed by atoms with van der Waals surface area (Å²) in [6, 6.07) is 0.408.